The summed E-state index contributed by atoms with van der Waals surface area (Å²) in [6.45, 7) is 3.10. The molecule has 15 heavy (non-hydrogen) atoms. The molecule has 0 spiro atoms. The maximum Gasteiger partial charge on any atom is 0.0637 e. The van der Waals surface area contributed by atoms with Gasteiger partial charge in [0.15, 0.2) is 0 Å². The zero-order valence-corrected chi connectivity index (χ0v) is 10.3. The van der Waals surface area contributed by atoms with Crippen LogP contribution in [0.4, 0.5) is 0 Å². The van der Waals surface area contributed by atoms with E-state index in [1.807, 2.05) is 18.2 Å². The third-order valence-corrected chi connectivity index (χ3v) is 3.84. The topological polar surface area (TPSA) is 12.0 Å². The van der Waals surface area contributed by atoms with Crippen LogP contribution in [0.1, 0.15) is 25.3 Å². The van der Waals surface area contributed by atoms with Crippen molar-refractivity contribution < 1.29 is 0 Å². The molecule has 3 heteroatoms. The highest BCUT2D eigenvalue weighted by molar-refractivity contribution is 6.42. The average Bonchev–Trinajstić information content (AvgIpc) is 2.17. The minimum absolute atomic E-state index is 0.637. The predicted molar refractivity (Wildman–Crippen MR) is 65.5 cm³/mol. The summed E-state index contributed by atoms with van der Waals surface area (Å²) in [6.07, 6.45) is 2.55. The number of benzene rings is 1. The highest BCUT2D eigenvalue weighted by atomic mass is 35.5. The Kier molecular flexibility index (Phi) is 3.55. The molecule has 1 N–H and O–H groups in total. The molecule has 1 saturated carbocycles. The Morgan fingerprint density at radius 1 is 1.33 bits per heavy atom. The van der Waals surface area contributed by atoms with Gasteiger partial charge < -0.3 is 5.32 Å². The molecule has 0 radical (unpaired) electrons. The van der Waals surface area contributed by atoms with Crippen LogP contribution in [-0.2, 0) is 6.54 Å². The fourth-order valence-corrected chi connectivity index (χ4v) is 2.40. The van der Waals surface area contributed by atoms with Gasteiger partial charge in [-0.1, -0.05) is 42.3 Å². The van der Waals surface area contributed by atoms with Gasteiger partial charge in [0, 0.05) is 12.6 Å². The first-order valence-electron chi connectivity index (χ1n) is 5.33. The van der Waals surface area contributed by atoms with Crippen molar-refractivity contribution in [3.05, 3.63) is 33.8 Å². The van der Waals surface area contributed by atoms with Gasteiger partial charge in [0.2, 0.25) is 0 Å². The molecule has 1 aliphatic rings. The van der Waals surface area contributed by atoms with Crippen LogP contribution in [0.15, 0.2) is 18.2 Å². The van der Waals surface area contributed by atoms with E-state index in [2.05, 4.69) is 12.2 Å². The lowest BCUT2D eigenvalue weighted by atomic mass is 9.82. The quantitative estimate of drug-likeness (QED) is 0.850. The van der Waals surface area contributed by atoms with Crippen molar-refractivity contribution >= 4 is 23.2 Å². The van der Waals surface area contributed by atoms with Crippen LogP contribution in [0.5, 0.6) is 0 Å². The van der Waals surface area contributed by atoms with Crippen LogP contribution in [0.3, 0.4) is 0 Å². The zero-order chi connectivity index (χ0) is 10.8. The summed E-state index contributed by atoms with van der Waals surface area (Å²) in [4.78, 5) is 0. The third kappa shape index (κ3) is 2.66. The van der Waals surface area contributed by atoms with E-state index in [1.54, 1.807) is 0 Å². The highest BCUT2D eigenvalue weighted by Crippen LogP contribution is 2.28. The molecule has 0 saturated heterocycles. The van der Waals surface area contributed by atoms with Gasteiger partial charge in [0.25, 0.3) is 0 Å². The fraction of sp³-hybridized carbons (Fsp3) is 0.500. The lowest BCUT2D eigenvalue weighted by Gasteiger charge is -2.33. The molecular formula is C12H15Cl2N. The maximum atomic E-state index is 6.09. The van der Waals surface area contributed by atoms with Crippen molar-refractivity contribution in [2.24, 2.45) is 5.92 Å². The van der Waals surface area contributed by atoms with E-state index in [1.165, 1.54) is 12.8 Å². The van der Waals surface area contributed by atoms with Crippen molar-refractivity contribution in [3.8, 4) is 0 Å². The molecule has 1 aromatic rings. The Balaban J connectivity index is 1.91. The van der Waals surface area contributed by atoms with Gasteiger partial charge in [0.05, 0.1) is 10.0 Å². The molecule has 2 rings (SSSR count). The molecule has 1 aromatic carbocycles. The average molecular weight is 244 g/mol. The number of rotatable bonds is 3. The summed E-state index contributed by atoms with van der Waals surface area (Å²) in [7, 11) is 0. The van der Waals surface area contributed by atoms with Gasteiger partial charge in [0.1, 0.15) is 0 Å². The number of hydrogen-bond acceptors (Lipinski definition) is 1. The van der Waals surface area contributed by atoms with Crippen molar-refractivity contribution in [1.82, 2.24) is 5.32 Å². The number of hydrogen-bond donors (Lipinski definition) is 1. The molecule has 82 valence electrons. The Morgan fingerprint density at radius 3 is 2.73 bits per heavy atom. The molecular weight excluding hydrogens is 229 g/mol. The van der Waals surface area contributed by atoms with E-state index in [0.717, 1.165) is 18.0 Å². The Hall–Kier alpha value is -0.240. The summed E-state index contributed by atoms with van der Waals surface area (Å²) in [5.41, 5.74) is 1.09. The van der Waals surface area contributed by atoms with E-state index in [9.17, 15) is 0 Å². The van der Waals surface area contributed by atoms with E-state index in [-0.39, 0.29) is 0 Å². The van der Waals surface area contributed by atoms with Gasteiger partial charge in [-0.2, -0.15) is 0 Å². The smallest absolute Gasteiger partial charge is 0.0637 e. The van der Waals surface area contributed by atoms with Gasteiger partial charge in [-0.15, -0.1) is 0 Å². The van der Waals surface area contributed by atoms with Gasteiger partial charge in [-0.05, 0) is 30.4 Å². The van der Waals surface area contributed by atoms with Crippen LogP contribution >= 0.6 is 23.2 Å². The normalized spacial score (nSPS) is 25.0. The van der Waals surface area contributed by atoms with Crippen molar-refractivity contribution in [3.63, 3.8) is 0 Å². The van der Waals surface area contributed by atoms with E-state index in [4.69, 9.17) is 23.2 Å². The van der Waals surface area contributed by atoms with E-state index in [0.29, 0.717) is 16.1 Å². The first kappa shape index (κ1) is 11.3. The summed E-state index contributed by atoms with van der Waals surface area (Å²) >= 11 is 12.0. The van der Waals surface area contributed by atoms with Crippen LogP contribution < -0.4 is 5.32 Å². The monoisotopic (exact) mass is 243 g/mol. The van der Waals surface area contributed by atoms with Crippen LogP contribution in [0.2, 0.25) is 10.0 Å². The molecule has 1 fully saturated rings. The predicted octanol–water partition coefficient (Wildman–Crippen LogP) is 3.88. The van der Waals surface area contributed by atoms with Crippen LogP contribution in [0, 0.1) is 5.92 Å². The first-order valence-corrected chi connectivity index (χ1v) is 6.08. The molecule has 1 nitrogen and oxygen atoms in total. The summed E-state index contributed by atoms with van der Waals surface area (Å²) in [5.74, 6) is 0.873. The molecule has 0 aromatic heterocycles. The lowest BCUT2D eigenvalue weighted by Crippen LogP contribution is -2.39. The minimum Gasteiger partial charge on any atom is -0.310 e. The molecule has 0 aliphatic heterocycles. The maximum absolute atomic E-state index is 6.09. The second-order valence-electron chi connectivity index (χ2n) is 4.37. The summed E-state index contributed by atoms with van der Waals surface area (Å²) < 4.78 is 0. The molecule has 0 bridgehead atoms. The molecule has 0 heterocycles. The van der Waals surface area contributed by atoms with Crippen molar-refractivity contribution in [2.75, 3.05) is 0 Å². The van der Waals surface area contributed by atoms with Gasteiger partial charge >= 0.3 is 0 Å². The molecule has 0 amide bonds. The Morgan fingerprint density at radius 2 is 2.07 bits per heavy atom. The van der Waals surface area contributed by atoms with Crippen molar-refractivity contribution in [1.29, 1.82) is 0 Å². The number of halogens is 2. The SMILES string of the molecule is CC1CC(NCc2cccc(Cl)c2Cl)C1. The fourth-order valence-electron chi connectivity index (χ4n) is 2.01. The lowest BCUT2D eigenvalue weighted by molar-refractivity contribution is 0.240. The first-order chi connectivity index (χ1) is 7.16. The minimum atomic E-state index is 0.637. The van der Waals surface area contributed by atoms with Crippen molar-refractivity contribution in [2.45, 2.75) is 32.4 Å². The molecule has 1 aliphatic carbocycles. The van der Waals surface area contributed by atoms with Crippen LogP contribution in [-0.4, -0.2) is 6.04 Å². The Labute approximate surface area is 101 Å². The second kappa shape index (κ2) is 4.73. The largest absolute Gasteiger partial charge is 0.310 e. The van der Waals surface area contributed by atoms with E-state index < -0.39 is 0 Å². The van der Waals surface area contributed by atoms with Gasteiger partial charge in [-0.3, -0.25) is 0 Å². The standard InChI is InChI=1S/C12H15Cl2N/c1-8-5-10(6-8)15-7-9-3-2-4-11(13)12(9)14/h2-4,8,10,15H,5-7H2,1H3. The zero-order valence-electron chi connectivity index (χ0n) is 8.76. The summed E-state index contributed by atoms with van der Waals surface area (Å²) in [6, 6.07) is 6.44. The highest BCUT2D eigenvalue weighted by Gasteiger charge is 2.24. The number of nitrogens with one attached hydrogen (secondary N) is 1. The van der Waals surface area contributed by atoms with Gasteiger partial charge in [-0.25, -0.2) is 0 Å². The van der Waals surface area contributed by atoms with Crippen LogP contribution in [0.25, 0.3) is 0 Å². The third-order valence-electron chi connectivity index (χ3n) is 2.99. The summed E-state index contributed by atoms with van der Waals surface area (Å²) in [5, 5.41) is 4.81. The molecule has 0 unspecified atom stereocenters. The Bertz CT molecular complexity index is 345. The molecule has 0 atom stereocenters. The van der Waals surface area contributed by atoms with E-state index >= 15 is 0 Å². The second-order valence-corrected chi connectivity index (χ2v) is 5.15.